The van der Waals surface area contributed by atoms with Gasteiger partial charge in [-0.3, -0.25) is 0 Å². The van der Waals surface area contributed by atoms with Crippen LogP contribution in [0.25, 0.3) is 0 Å². The van der Waals surface area contributed by atoms with E-state index in [4.69, 9.17) is 0 Å². The lowest BCUT2D eigenvalue weighted by molar-refractivity contribution is -0.0227. The van der Waals surface area contributed by atoms with Crippen molar-refractivity contribution in [3.8, 4) is 0 Å². The molecular formula is C11H17NOS. The fourth-order valence-electron chi connectivity index (χ4n) is 2.26. The predicted molar refractivity (Wildman–Crippen MR) is 59.7 cm³/mol. The molecule has 14 heavy (non-hydrogen) atoms. The molecule has 3 heteroatoms. The summed E-state index contributed by atoms with van der Waals surface area (Å²) in [5, 5.41) is 16.0. The summed E-state index contributed by atoms with van der Waals surface area (Å²) in [5.41, 5.74) is 0.463. The van der Waals surface area contributed by atoms with Crippen LogP contribution < -0.4 is 5.32 Å². The lowest BCUT2D eigenvalue weighted by Gasteiger charge is -2.39. The molecule has 0 bridgehead atoms. The SMILES string of the molecule is Cc1sccc1C1(O)CCCNC1C. The van der Waals surface area contributed by atoms with E-state index in [-0.39, 0.29) is 6.04 Å². The monoisotopic (exact) mass is 211 g/mol. The molecule has 2 unspecified atom stereocenters. The van der Waals surface area contributed by atoms with Gasteiger partial charge in [0.2, 0.25) is 0 Å². The van der Waals surface area contributed by atoms with Gasteiger partial charge in [0.05, 0.1) is 0 Å². The number of rotatable bonds is 1. The normalized spacial score (nSPS) is 33.2. The molecule has 0 aromatic carbocycles. The third-order valence-electron chi connectivity index (χ3n) is 3.23. The van der Waals surface area contributed by atoms with Crippen molar-refractivity contribution in [3.63, 3.8) is 0 Å². The van der Waals surface area contributed by atoms with Crippen LogP contribution in [-0.2, 0) is 5.60 Å². The average molecular weight is 211 g/mol. The topological polar surface area (TPSA) is 32.3 Å². The minimum Gasteiger partial charge on any atom is -0.383 e. The molecule has 1 aliphatic rings. The van der Waals surface area contributed by atoms with Gasteiger partial charge in [0.1, 0.15) is 5.60 Å². The molecule has 1 saturated heterocycles. The summed E-state index contributed by atoms with van der Waals surface area (Å²) in [5.74, 6) is 0. The number of nitrogens with one attached hydrogen (secondary N) is 1. The Morgan fingerprint density at radius 3 is 3.00 bits per heavy atom. The summed E-state index contributed by atoms with van der Waals surface area (Å²) in [6.45, 7) is 5.17. The predicted octanol–water partition coefficient (Wildman–Crippen LogP) is 2.02. The summed E-state index contributed by atoms with van der Waals surface area (Å²) in [7, 11) is 0. The first-order valence-electron chi connectivity index (χ1n) is 5.15. The Morgan fingerprint density at radius 1 is 1.64 bits per heavy atom. The molecule has 2 atom stereocenters. The molecule has 0 aliphatic carbocycles. The molecule has 2 nitrogen and oxygen atoms in total. The lowest BCUT2D eigenvalue weighted by Crippen LogP contribution is -2.51. The minimum absolute atomic E-state index is 0.157. The molecule has 1 fully saturated rings. The Labute approximate surface area is 89.0 Å². The zero-order valence-corrected chi connectivity index (χ0v) is 9.53. The second-order valence-electron chi connectivity index (χ2n) is 4.09. The first-order valence-corrected chi connectivity index (χ1v) is 6.03. The van der Waals surface area contributed by atoms with Crippen molar-refractivity contribution in [2.75, 3.05) is 6.54 Å². The van der Waals surface area contributed by atoms with E-state index in [1.807, 2.05) is 0 Å². The quantitative estimate of drug-likeness (QED) is 0.745. The Morgan fingerprint density at radius 2 is 2.43 bits per heavy atom. The molecule has 0 saturated carbocycles. The van der Waals surface area contributed by atoms with Crippen molar-refractivity contribution in [1.82, 2.24) is 5.32 Å². The third kappa shape index (κ3) is 1.49. The van der Waals surface area contributed by atoms with Gasteiger partial charge in [0.15, 0.2) is 0 Å². The van der Waals surface area contributed by atoms with Gasteiger partial charge in [-0.25, -0.2) is 0 Å². The van der Waals surface area contributed by atoms with Crippen LogP contribution in [0.2, 0.25) is 0 Å². The van der Waals surface area contributed by atoms with Crippen LogP contribution in [0.4, 0.5) is 0 Å². The molecule has 78 valence electrons. The summed E-state index contributed by atoms with van der Waals surface area (Å²) in [4.78, 5) is 1.24. The maximum Gasteiger partial charge on any atom is 0.106 e. The maximum absolute atomic E-state index is 10.6. The second kappa shape index (κ2) is 3.65. The molecule has 0 amide bonds. The van der Waals surface area contributed by atoms with Gasteiger partial charge in [0.25, 0.3) is 0 Å². The van der Waals surface area contributed by atoms with E-state index in [0.29, 0.717) is 0 Å². The Balaban J connectivity index is 2.34. The Kier molecular flexibility index (Phi) is 2.64. The van der Waals surface area contributed by atoms with E-state index in [1.165, 1.54) is 4.88 Å². The van der Waals surface area contributed by atoms with Crippen LogP contribution in [-0.4, -0.2) is 17.7 Å². The van der Waals surface area contributed by atoms with Gasteiger partial charge in [-0.1, -0.05) is 0 Å². The van der Waals surface area contributed by atoms with Crippen molar-refractivity contribution >= 4 is 11.3 Å². The highest BCUT2D eigenvalue weighted by atomic mass is 32.1. The molecule has 1 aromatic heterocycles. The van der Waals surface area contributed by atoms with Crippen LogP contribution in [0.5, 0.6) is 0 Å². The van der Waals surface area contributed by atoms with Crippen LogP contribution in [0.3, 0.4) is 0 Å². The molecule has 1 aliphatic heterocycles. The molecule has 0 radical (unpaired) electrons. The summed E-state index contributed by atoms with van der Waals surface area (Å²) in [6, 6.07) is 2.22. The molecule has 1 aromatic rings. The first-order chi connectivity index (χ1) is 6.64. The zero-order valence-electron chi connectivity index (χ0n) is 8.71. The minimum atomic E-state index is -0.650. The summed E-state index contributed by atoms with van der Waals surface area (Å²) in [6.07, 6.45) is 1.93. The van der Waals surface area contributed by atoms with E-state index in [0.717, 1.165) is 24.9 Å². The fourth-order valence-corrected chi connectivity index (χ4v) is 3.04. The Bertz CT molecular complexity index is 323. The van der Waals surface area contributed by atoms with Crippen molar-refractivity contribution in [2.24, 2.45) is 0 Å². The van der Waals surface area contributed by atoms with E-state index >= 15 is 0 Å². The van der Waals surface area contributed by atoms with Gasteiger partial charge < -0.3 is 10.4 Å². The zero-order chi connectivity index (χ0) is 10.2. The molecular weight excluding hydrogens is 194 g/mol. The van der Waals surface area contributed by atoms with Crippen molar-refractivity contribution in [2.45, 2.75) is 38.3 Å². The largest absolute Gasteiger partial charge is 0.383 e. The highest BCUT2D eigenvalue weighted by molar-refractivity contribution is 7.10. The smallest absolute Gasteiger partial charge is 0.106 e. The fraction of sp³-hybridized carbons (Fsp3) is 0.636. The second-order valence-corrected chi connectivity index (χ2v) is 5.21. The summed E-state index contributed by atoms with van der Waals surface area (Å²) >= 11 is 1.71. The molecule has 2 rings (SSSR count). The lowest BCUT2D eigenvalue weighted by atomic mass is 9.81. The molecule has 2 heterocycles. The van der Waals surface area contributed by atoms with Gasteiger partial charge >= 0.3 is 0 Å². The van der Waals surface area contributed by atoms with Crippen LogP contribution in [0.15, 0.2) is 11.4 Å². The molecule has 0 spiro atoms. The van der Waals surface area contributed by atoms with Gasteiger partial charge in [-0.2, -0.15) is 0 Å². The van der Waals surface area contributed by atoms with Gasteiger partial charge in [0, 0.05) is 10.9 Å². The first kappa shape index (κ1) is 10.1. The van der Waals surface area contributed by atoms with Crippen LogP contribution >= 0.6 is 11.3 Å². The number of thiophene rings is 1. The standard InChI is InChI=1S/C11H17NOS/c1-8-10(4-7-14-8)11(13)5-3-6-12-9(11)2/h4,7,9,12-13H,3,5-6H2,1-2H3. The van der Waals surface area contributed by atoms with E-state index in [2.05, 4.69) is 30.6 Å². The average Bonchev–Trinajstić information content (AvgIpc) is 2.57. The molecule has 2 N–H and O–H groups in total. The highest BCUT2D eigenvalue weighted by Crippen LogP contribution is 2.36. The summed E-state index contributed by atoms with van der Waals surface area (Å²) < 4.78 is 0. The van der Waals surface area contributed by atoms with Gasteiger partial charge in [-0.15, -0.1) is 11.3 Å². The van der Waals surface area contributed by atoms with Crippen molar-refractivity contribution in [3.05, 3.63) is 21.9 Å². The Hall–Kier alpha value is -0.380. The van der Waals surface area contributed by atoms with Crippen molar-refractivity contribution < 1.29 is 5.11 Å². The van der Waals surface area contributed by atoms with E-state index in [9.17, 15) is 5.11 Å². The maximum atomic E-state index is 10.6. The number of piperidine rings is 1. The number of aryl methyl sites for hydroxylation is 1. The van der Waals surface area contributed by atoms with Crippen molar-refractivity contribution in [1.29, 1.82) is 0 Å². The number of hydrogen-bond acceptors (Lipinski definition) is 3. The number of aliphatic hydroxyl groups is 1. The van der Waals surface area contributed by atoms with E-state index < -0.39 is 5.60 Å². The van der Waals surface area contributed by atoms with Crippen LogP contribution in [0, 0.1) is 6.92 Å². The van der Waals surface area contributed by atoms with Gasteiger partial charge in [-0.05, 0) is 50.2 Å². The number of hydrogen-bond donors (Lipinski definition) is 2. The van der Waals surface area contributed by atoms with E-state index in [1.54, 1.807) is 11.3 Å². The van der Waals surface area contributed by atoms with Crippen LogP contribution in [0.1, 0.15) is 30.2 Å². The highest BCUT2D eigenvalue weighted by Gasteiger charge is 2.38. The third-order valence-corrected chi connectivity index (χ3v) is 4.07.